The molecule has 2 nitrogen and oxygen atoms in total. The van der Waals surface area contributed by atoms with Crippen LogP contribution in [0.25, 0.3) is 17.0 Å². The molecule has 2 heteroatoms. The Bertz CT molecular complexity index is 578. The van der Waals surface area contributed by atoms with Gasteiger partial charge >= 0.3 is 0 Å². The molecule has 0 saturated carbocycles. The molecular formula is C15H12N2. The van der Waals surface area contributed by atoms with Gasteiger partial charge in [0.2, 0.25) is 0 Å². The molecule has 82 valence electrons. The molecule has 0 radical (unpaired) electrons. The number of hydrogen-bond acceptors (Lipinski definition) is 1. The van der Waals surface area contributed by atoms with Crippen LogP contribution in [-0.4, -0.2) is 0 Å². The van der Waals surface area contributed by atoms with E-state index in [9.17, 15) is 0 Å². The SMILES string of the molecule is [C-]#[N+]c1cc(N)ccc1/C=C/c1ccccc1. The minimum absolute atomic E-state index is 0.581. The van der Waals surface area contributed by atoms with Crippen molar-refractivity contribution in [3.8, 4) is 0 Å². The molecule has 0 aromatic heterocycles. The predicted molar refractivity (Wildman–Crippen MR) is 72.5 cm³/mol. The minimum Gasteiger partial charge on any atom is -0.400 e. The molecule has 0 atom stereocenters. The average molecular weight is 220 g/mol. The van der Waals surface area contributed by atoms with E-state index in [0.29, 0.717) is 11.4 Å². The second-order valence-electron chi connectivity index (χ2n) is 3.67. The van der Waals surface area contributed by atoms with Crippen molar-refractivity contribution in [2.24, 2.45) is 0 Å². The van der Waals surface area contributed by atoms with Crippen LogP contribution in [-0.2, 0) is 0 Å². The highest BCUT2D eigenvalue weighted by molar-refractivity contribution is 5.78. The topological polar surface area (TPSA) is 30.4 Å². The Morgan fingerprint density at radius 1 is 1.00 bits per heavy atom. The minimum atomic E-state index is 0.581. The maximum Gasteiger partial charge on any atom is 0.196 e. The lowest BCUT2D eigenvalue weighted by molar-refractivity contribution is 1.64. The summed E-state index contributed by atoms with van der Waals surface area (Å²) in [6, 6.07) is 15.3. The third kappa shape index (κ3) is 2.73. The van der Waals surface area contributed by atoms with Crippen molar-refractivity contribution in [1.82, 2.24) is 0 Å². The molecular weight excluding hydrogens is 208 g/mol. The zero-order chi connectivity index (χ0) is 12.1. The van der Waals surface area contributed by atoms with Crippen LogP contribution in [0, 0.1) is 6.57 Å². The molecule has 17 heavy (non-hydrogen) atoms. The van der Waals surface area contributed by atoms with Gasteiger partial charge in [0.1, 0.15) is 0 Å². The lowest BCUT2D eigenvalue weighted by atomic mass is 10.1. The molecule has 2 aromatic rings. The van der Waals surface area contributed by atoms with Crippen LogP contribution >= 0.6 is 0 Å². The fourth-order valence-electron chi connectivity index (χ4n) is 1.55. The normalized spacial score (nSPS) is 10.3. The Morgan fingerprint density at radius 2 is 1.76 bits per heavy atom. The molecule has 2 aromatic carbocycles. The Balaban J connectivity index is 2.31. The van der Waals surface area contributed by atoms with Crippen molar-refractivity contribution < 1.29 is 0 Å². The predicted octanol–water partition coefficient (Wildman–Crippen LogP) is 3.99. The molecule has 0 aliphatic rings. The van der Waals surface area contributed by atoms with E-state index in [2.05, 4.69) is 4.85 Å². The monoisotopic (exact) mass is 220 g/mol. The van der Waals surface area contributed by atoms with Crippen LogP contribution in [0.4, 0.5) is 11.4 Å². The number of nitrogens with two attached hydrogens (primary N) is 1. The number of nitrogens with zero attached hydrogens (tertiary/aromatic N) is 1. The summed E-state index contributed by atoms with van der Waals surface area (Å²) in [5.41, 5.74) is 8.84. The molecule has 0 fully saturated rings. The van der Waals surface area contributed by atoms with Crippen LogP contribution in [0.2, 0.25) is 0 Å². The standard InChI is InChI=1S/C15H12N2/c1-17-15-11-14(16)10-9-13(15)8-7-12-5-3-2-4-6-12/h2-11H,16H2/b8-7+. The number of nitrogen functional groups attached to an aromatic ring is 1. The third-order valence-electron chi connectivity index (χ3n) is 2.43. The number of benzene rings is 2. The summed E-state index contributed by atoms with van der Waals surface area (Å²) in [6.07, 6.45) is 3.92. The van der Waals surface area contributed by atoms with E-state index in [1.165, 1.54) is 0 Å². The maximum atomic E-state index is 7.10. The van der Waals surface area contributed by atoms with Crippen molar-refractivity contribution in [3.05, 3.63) is 71.1 Å². The molecule has 2 N–H and O–H groups in total. The van der Waals surface area contributed by atoms with Gasteiger partial charge in [-0.15, -0.1) is 0 Å². The van der Waals surface area contributed by atoms with Gasteiger partial charge in [-0.1, -0.05) is 48.6 Å². The largest absolute Gasteiger partial charge is 0.400 e. The molecule has 0 spiro atoms. The van der Waals surface area contributed by atoms with Gasteiger partial charge in [-0.05, 0) is 23.3 Å². The van der Waals surface area contributed by atoms with E-state index in [1.54, 1.807) is 12.1 Å². The van der Waals surface area contributed by atoms with E-state index in [0.717, 1.165) is 11.1 Å². The second kappa shape index (κ2) is 5.00. The highest BCUT2D eigenvalue weighted by Crippen LogP contribution is 2.24. The highest BCUT2D eigenvalue weighted by Gasteiger charge is 1.98. The Labute approximate surface area is 101 Å². The van der Waals surface area contributed by atoms with Crippen LogP contribution in [0.5, 0.6) is 0 Å². The second-order valence-corrected chi connectivity index (χ2v) is 3.67. The first-order chi connectivity index (χ1) is 8.29. The molecule has 0 unspecified atom stereocenters. The van der Waals surface area contributed by atoms with Gasteiger partial charge in [-0.2, -0.15) is 0 Å². The van der Waals surface area contributed by atoms with Crippen molar-refractivity contribution in [1.29, 1.82) is 0 Å². The third-order valence-corrected chi connectivity index (χ3v) is 2.43. The van der Waals surface area contributed by atoms with E-state index in [1.807, 2.05) is 48.6 Å². The van der Waals surface area contributed by atoms with Gasteiger partial charge in [0.25, 0.3) is 0 Å². The van der Waals surface area contributed by atoms with Crippen molar-refractivity contribution in [2.75, 3.05) is 5.73 Å². The number of hydrogen-bond donors (Lipinski definition) is 1. The maximum absolute atomic E-state index is 7.10. The van der Waals surface area contributed by atoms with Crippen molar-refractivity contribution in [2.45, 2.75) is 0 Å². The average Bonchev–Trinajstić information content (AvgIpc) is 2.38. The van der Waals surface area contributed by atoms with Gasteiger partial charge in [0, 0.05) is 5.69 Å². The molecule has 0 amide bonds. The molecule has 0 aliphatic heterocycles. The zero-order valence-corrected chi connectivity index (χ0v) is 9.30. The molecule has 0 heterocycles. The summed E-state index contributed by atoms with van der Waals surface area (Å²) >= 11 is 0. The zero-order valence-electron chi connectivity index (χ0n) is 9.30. The number of rotatable bonds is 2. The smallest absolute Gasteiger partial charge is 0.196 e. The quantitative estimate of drug-likeness (QED) is 0.463. The van der Waals surface area contributed by atoms with E-state index in [-0.39, 0.29) is 0 Å². The Morgan fingerprint density at radius 3 is 2.47 bits per heavy atom. The highest BCUT2D eigenvalue weighted by atomic mass is 14.7. The Kier molecular flexibility index (Phi) is 3.23. The lowest BCUT2D eigenvalue weighted by Crippen LogP contribution is -1.83. The first kappa shape index (κ1) is 11.0. The van der Waals surface area contributed by atoms with Gasteiger partial charge in [-0.25, -0.2) is 4.85 Å². The van der Waals surface area contributed by atoms with Crippen LogP contribution < -0.4 is 5.73 Å². The van der Waals surface area contributed by atoms with E-state index < -0.39 is 0 Å². The van der Waals surface area contributed by atoms with Crippen LogP contribution in [0.1, 0.15) is 11.1 Å². The van der Waals surface area contributed by atoms with Crippen LogP contribution in [0.3, 0.4) is 0 Å². The summed E-state index contributed by atoms with van der Waals surface area (Å²) in [5.74, 6) is 0. The fourth-order valence-corrected chi connectivity index (χ4v) is 1.55. The summed E-state index contributed by atoms with van der Waals surface area (Å²) < 4.78 is 0. The van der Waals surface area contributed by atoms with Gasteiger partial charge in [0.15, 0.2) is 5.69 Å². The first-order valence-corrected chi connectivity index (χ1v) is 5.30. The van der Waals surface area contributed by atoms with Gasteiger partial charge in [-0.3, -0.25) is 0 Å². The van der Waals surface area contributed by atoms with Crippen molar-refractivity contribution in [3.63, 3.8) is 0 Å². The summed E-state index contributed by atoms with van der Waals surface area (Å²) in [5, 5.41) is 0. The Hall–Kier alpha value is -2.53. The number of anilines is 1. The van der Waals surface area contributed by atoms with Gasteiger partial charge < -0.3 is 5.73 Å². The van der Waals surface area contributed by atoms with Crippen molar-refractivity contribution >= 4 is 23.5 Å². The molecule has 2 rings (SSSR count). The first-order valence-electron chi connectivity index (χ1n) is 5.30. The summed E-state index contributed by atoms with van der Waals surface area (Å²) in [6.45, 7) is 7.10. The van der Waals surface area contributed by atoms with E-state index >= 15 is 0 Å². The molecule has 0 saturated heterocycles. The van der Waals surface area contributed by atoms with E-state index in [4.69, 9.17) is 12.3 Å². The lowest BCUT2D eigenvalue weighted by Gasteiger charge is -1.99. The van der Waals surface area contributed by atoms with Crippen LogP contribution in [0.15, 0.2) is 48.5 Å². The molecule has 0 bridgehead atoms. The summed E-state index contributed by atoms with van der Waals surface area (Å²) in [4.78, 5) is 3.46. The molecule has 0 aliphatic carbocycles. The van der Waals surface area contributed by atoms with Gasteiger partial charge in [0.05, 0.1) is 6.57 Å². The fraction of sp³-hybridized carbons (Fsp3) is 0. The summed E-state index contributed by atoms with van der Waals surface area (Å²) in [7, 11) is 0.